The lowest BCUT2D eigenvalue weighted by atomic mass is 10.0. The predicted molar refractivity (Wildman–Crippen MR) is 231 cm³/mol. The second-order valence-electron chi connectivity index (χ2n) is 15.8. The van der Waals surface area contributed by atoms with Crippen molar-refractivity contribution in [2.75, 3.05) is 66.8 Å². The third kappa shape index (κ3) is 8.25. The van der Waals surface area contributed by atoms with Gasteiger partial charge in [-0.3, -0.25) is 29.4 Å². The molecule has 3 N–H and O–H groups in total. The van der Waals surface area contributed by atoms with Crippen molar-refractivity contribution in [1.29, 1.82) is 0 Å². The molecule has 0 radical (unpaired) electrons. The number of likely N-dealkylation sites (N-methyl/N-ethyl adjacent to an activating group) is 1. The largest absolute Gasteiger partial charge is 0.387 e. The van der Waals surface area contributed by atoms with Crippen LogP contribution in [-0.4, -0.2) is 105 Å². The van der Waals surface area contributed by atoms with Gasteiger partial charge in [-0.05, 0) is 98.7 Å². The second kappa shape index (κ2) is 17.5. The van der Waals surface area contributed by atoms with Crippen molar-refractivity contribution in [3.8, 4) is 5.82 Å². The number of piperidine rings is 1. The van der Waals surface area contributed by atoms with Crippen LogP contribution < -0.4 is 30.9 Å². The number of aromatic nitrogens is 5. The molecule has 3 aliphatic rings. The van der Waals surface area contributed by atoms with Gasteiger partial charge in [-0.2, -0.15) is 4.98 Å². The molecule has 5 aromatic rings. The number of aliphatic hydroxyl groups is 1. The lowest BCUT2D eigenvalue weighted by molar-refractivity contribution is -0.134. The van der Waals surface area contributed by atoms with Gasteiger partial charge in [0.1, 0.15) is 11.4 Å². The first kappa shape index (κ1) is 40.4. The fraction of sp³-hybridized carbons (Fsp3) is 0.386. The summed E-state index contributed by atoms with van der Waals surface area (Å²) in [5.41, 5.74) is 6.40. The number of allylic oxidation sites excluding steroid dienone is 1. The molecule has 0 spiro atoms. The molecule has 5 heterocycles. The number of fused-ring (bicyclic) bond motifs is 2. The summed E-state index contributed by atoms with van der Waals surface area (Å²) in [6, 6.07) is 17.6. The van der Waals surface area contributed by atoms with Crippen LogP contribution in [0.3, 0.4) is 0 Å². The van der Waals surface area contributed by atoms with Gasteiger partial charge in [0.15, 0.2) is 11.5 Å². The number of anilines is 5. The van der Waals surface area contributed by atoms with E-state index in [0.717, 1.165) is 98.7 Å². The van der Waals surface area contributed by atoms with Gasteiger partial charge in [0, 0.05) is 64.3 Å². The minimum Gasteiger partial charge on any atom is -0.387 e. The number of benzene rings is 2. The number of aliphatic hydroxyl groups excluding tert-OH is 1. The second-order valence-corrected chi connectivity index (χ2v) is 15.8. The van der Waals surface area contributed by atoms with Gasteiger partial charge in [-0.1, -0.05) is 18.2 Å². The zero-order valence-electron chi connectivity index (χ0n) is 34.1. The maximum atomic E-state index is 13.4. The summed E-state index contributed by atoms with van der Waals surface area (Å²) in [5, 5.41) is 16.6. The molecular formula is C44H51N11O5. The van der Waals surface area contributed by atoms with E-state index >= 15 is 0 Å². The zero-order chi connectivity index (χ0) is 41.9. The third-order valence-electron chi connectivity index (χ3n) is 11.9. The van der Waals surface area contributed by atoms with Crippen LogP contribution in [0.1, 0.15) is 55.0 Å². The number of amides is 3. The highest BCUT2D eigenvalue weighted by Crippen LogP contribution is 2.33. The molecule has 2 unspecified atom stereocenters. The highest BCUT2D eigenvalue weighted by molar-refractivity contribution is 6.02. The Morgan fingerprint density at radius 2 is 1.75 bits per heavy atom. The van der Waals surface area contributed by atoms with Crippen molar-refractivity contribution in [2.45, 2.75) is 63.6 Å². The summed E-state index contributed by atoms with van der Waals surface area (Å²) >= 11 is 0. The van der Waals surface area contributed by atoms with Gasteiger partial charge in [-0.25, -0.2) is 19.3 Å². The molecular weight excluding hydrogens is 763 g/mol. The van der Waals surface area contributed by atoms with E-state index in [9.17, 15) is 24.3 Å². The minimum atomic E-state index is -0.633. The average molecular weight is 814 g/mol. The number of pyridine rings is 1. The summed E-state index contributed by atoms with van der Waals surface area (Å²) in [5.74, 6) is 0.272. The highest BCUT2D eigenvalue weighted by atomic mass is 16.3. The van der Waals surface area contributed by atoms with E-state index in [2.05, 4.69) is 50.2 Å². The number of unbranched alkanes of at least 4 members (excludes halogenated alkanes) is 1. The summed E-state index contributed by atoms with van der Waals surface area (Å²) in [6.45, 7) is 8.87. The van der Waals surface area contributed by atoms with Crippen molar-refractivity contribution in [3.63, 3.8) is 0 Å². The first-order valence-electron chi connectivity index (χ1n) is 20.6. The van der Waals surface area contributed by atoms with Crippen LogP contribution in [0.25, 0.3) is 16.9 Å². The van der Waals surface area contributed by atoms with E-state index in [0.29, 0.717) is 41.3 Å². The van der Waals surface area contributed by atoms with E-state index in [1.165, 1.54) is 15.8 Å². The molecule has 2 saturated heterocycles. The van der Waals surface area contributed by atoms with Crippen LogP contribution in [0.4, 0.5) is 28.7 Å². The number of hydrogen-bond acceptors (Lipinski definition) is 12. The number of nitrogens with zero attached hydrogens (tertiary/aromatic N) is 9. The fourth-order valence-corrected chi connectivity index (χ4v) is 8.51. The molecule has 2 aliphatic heterocycles. The smallest absolute Gasteiger partial charge is 0.278 e. The van der Waals surface area contributed by atoms with Crippen LogP contribution in [0.5, 0.6) is 0 Å². The molecule has 0 saturated carbocycles. The number of carbonyl (C=O) groups is 3. The van der Waals surface area contributed by atoms with Gasteiger partial charge in [-0.15, -0.1) is 6.58 Å². The lowest BCUT2D eigenvalue weighted by Gasteiger charge is -2.36. The number of piperazine rings is 1. The molecule has 2 atom stereocenters. The lowest BCUT2D eigenvalue weighted by Crippen LogP contribution is -2.51. The Morgan fingerprint density at radius 1 is 0.950 bits per heavy atom. The van der Waals surface area contributed by atoms with Crippen LogP contribution in [0.15, 0.2) is 78.2 Å². The summed E-state index contributed by atoms with van der Waals surface area (Å²) < 4.78 is 3.21. The van der Waals surface area contributed by atoms with Crippen molar-refractivity contribution in [3.05, 3.63) is 101 Å². The van der Waals surface area contributed by atoms with Gasteiger partial charge in [0.05, 0.1) is 29.7 Å². The van der Waals surface area contributed by atoms with Crippen LogP contribution >= 0.6 is 0 Å². The number of aryl methyl sites for hydroxylation is 2. The molecule has 312 valence electrons. The topological polar surface area (TPSA) is 174 Å². The van der Waals surface area contributed by atoms with Crippen molar-refractivity contribution in [1.82, 2.24) is 34.5 Å². The number of hydrogen-bond donors (Lipinski definition) is 3. The Balaban J connectivity index is 0.845. The first-order valence-corrected chi connectivity index (χ1v) is 20.6. The quantitative estimate of drug-likeness (QED) is 0.0604. The van der Waals surface area contributed by atoms with Crippen molar-refractivity contribution in [2.24, 2.45) is 0 Å². The highest BCUT2D eigenvalue weighted by Gasteiger charge is 2.31. The van der Waals surface area contributed by atoms with E-state index < -0.39 is 12.1 Å². The Morgan fingerprint density at radius 3 is 2.50 bits per heavy atom. The Kier molecular flexibility index (Phi) is 11.7. The van der Waals surface area contributed by atoms with E-state index in [-0.39, 0.29) is 30.3 Å². The van der Waals surface area contributed by atoms with Crippen LogP contribution in [-0.2, 0) is 33.8 Å². The molecule has 60 heavy (non-hydrogen) atoms. The fourth-order valence-electron chi connectivity index (χ4n) is 8.51. The SMILES string of the molecule is C=CCn1c(=O)c2cnc(Nc3ccc(N4CCN(CCCCc5ccc(N(C)C6CCC(=O)NC6=O)c(N(C)C=O)c5)CC4)cc3)nc2n1-c1ccc2c(n1)C(O)CC2. The molecule has 2 aromatic carbocycles. The maximum Gasteiger partial charge on any atom is 0.278 e. The molecule has 3 amide bonds. The maximum absolute atomic E-state index is 13.4. The number of carbonyl (C=O) groups excluding carboxylic acids is 3. The molecule has 3 aromatic heterocycles. The van der Waals surface area contributed by atoms with Crippen molar-refractivity contribution >= 4 is 58.0 Å². The van der Waals surface area contributed by atoms with Gasteiger partial charge < -0.3 is 25.1 Å². The molecule has 2 fully saturated rings. The van der Waals surface area contributed by atoms with Gasteiger partial charge in [0.25, 0.3) is 5.56 Å². The minimum absolute atomic E-state index is 0.247. The van der Waals surface area contributed by atoms with E-state index in [1.54, 1.807) is 17.8 Å². The number of nitrogens with one attached hydrogen (secondary N) is 2. The molecule has 0 bridgehead atoms. The molecule has 1 aliphatic carbocycles. The molecule has 8 rings (SSSR count). The summed E-state index contributed by atoms with van der Waals surface area (Å²) in [4.78, 5) is 71.7. The predicted octanol–water partition coefficient (Wildman–Crippen LogP) is 3.87. The third-order valence-corrected chi connectivity index (χ3v) is 11.9. The van der Waals surface area contributed by atoms with E-state index in [4.69, 9.17) is 9.97 Å². The first-order chi connectivity index (χ1) is 29.1. The monoisotopic (exact) mass is 813 g/mol. The van der Waals surface area contributed by atoms with Crippen LogP contribution in [0, 0.1) is 0 Å². The normalized spacial score (nSPS) is 18.0. The van der Waals surface area contributed by atoms with E-state index in [1.807, 2.05) is 48.3 Å². The Hall–Kier alpha value is -6.39. The molecule has 16 nitrogen and oxygen atoms in total. The summed E-state index contributed by atoms with van der Waals surface area (Å²) in [7, 11) is 3.54. The van der Waals surface area contributed by atoms with Gasteiger partial charge in [0.2, 0.25) is 24.2 Å². The Labute approximate surface area is 348 Å². The Bertz CT molecular complexity index is 2470. The number of rotatable bonds is 15. The molecule has 16 heteroatoms. The van der Waals surface area contributed by atoms with Gasteiger partial charge >= 0.3 is 0 Å². The number of imide groups is 1. The van der Waals surface area contributed by atoms with Crippen LogP contribution in [0.2, 0.25) is 0 Å². The zero-order valence-corrected chi connectivity index (χ0v) is 34.1. The van der Waals surface area contributed by atoms with Crippen molar-refractivity contribution < 1.29 is 19.5 Å². The average Bonchev–Trinajstić information content (AvgIpc) is 3.77. The standard InChI is InChI=1S/C44H51N11O5/c1-4-20-54-43(60)33-27-45-44(49-41(33)55(54)38-18-10-30-9-17-37(57)40(30)47-38)46-31-11-13-32(14-12-31)53-24-22-52(23-25-53)21-6-5-7-29-8-15-34(36(26-29)50(2)28-56)51(3)35-16-19-39(58)48-42(35)59/h4,8,10-15,18,26-28,35,37,57H,1,5-7,9,16-17,19-25H2,2-3H3,(H,45,46,49)(H,48,58,59). The summed E-state index contributed by atoms with van der Waals surface area (Å²) in [6.07, 6.45) is 8.37.